The van der Waals surface area contributed by atoms with Crippen LogP contribution in [0.1, 0.15) is 34.6 Å². The molecule has 0 saturated heterocycles. The molecule has 0 saturated carbocycles. The highest BCUT2D eigenvalue weighted by molar-refractivity contribution is 4.62. The van der Waals surface area contributed by atoms with Crippen LogP contribution in [0, 0.1) is 0 Å². The standard InChI is InChI=1S/C10H22O3/c1-8(11)6-12-7-9(2)13-10(3,4)5/h8-9,11H,6-7H2,1-5H3. The molecule has 0 spiro atoms. The van der Waals surface area contributed by atoms with Crippen LogP contribution in [0.4, 0.5) is 0 Å². The summed E-state index contributed by atoms with van der Waals surface area (Å²) in [6, 6.07) is 0. The monoisotopic (exact) mass is 190 g/mol. The molecule has 80 valence electrons. The van der Waals surface area contributed by atoms with Gasteiger partial charge in [-0.25, -0.2) is 0 Å². The second kappa shape index (κ2) is 5.58. The summed E-state index contributed by atoms with van der Waals surface area (Å²) in [6.07, 6.45) is -0.333. The van der Waals surface area contributed by atoms with Gasteiger partial charge >= 0.3 is 0 Å². The van der Waals surface area contributed by atoms with E-state index in [-0.39, 0.29) is 11.7 Å². The maximum Gasteiger partial charge on any atom is 0.0787 e. The Morgan fingerprint density at radius 2 is 1.69 bits per heavy atom. The molecular formula is C10H22O3. The lowest BCUT2D eigenvalue weighted by atomic mass is 10.2. The smallest absolute Gasteiger partial charge is 0.0787 e. The Morgan fingerprint density at radius 3 is 2.08 bits per heavy atom. The van der Waals surface area contributed by atoms with Gasteiger partial charge in [0.25, 0.3) is 0 Å². The van der Waals surface area contributed by atoms with Crippen LogP contribution >= 0.6 is 0 Å². The lowest BCUT2D eigenvalue weighted by molar-refractivity contribution is -0.0907. The first-order valence-electron chi connectivity index (χ1n) is 4.75. The van der Waals surface area contributed by atoms with Crippen LogP contribution in [0.2, 0.25) is 0 Å². The molecule has 0 amide bonds. The molecule has 3 heteroatoms. The average molecular weight is 190 g/mol. The van der Waals surface area contributed by atoms with Gasteiger partial charge in [-0.05, 0) is 34.6 Å². The van der Waals surface area contributed by atoms with Gasteiger partial charge in [0.05, 0.1) is 31.0 Å². The number of hydrogen-bond donors (Lipinski definition) is 1. The highest BCUT2D eigenvalue weighted by Crippen LogP contribution is 2.10. The molecule has 0 rings (SSSR count). The van der Waals surface area contributed by atoms with Crippen LogP contribution in [0.5, 0.6) is 0 Å². The summed E-state index contributed by atoms with van der Waals surface area (Å²) in [7, 11) is 0. The molecule has 0 fully saturated rings. The number of rotatable bonds is 5. The molecule has 0 aliphatic carbocycles. The van der Waals surface area contributed by atoms with Gasteiger partial charge < -0.3 is 14.6 Å². The molecule has 0 aliphatic heterocycles. The van der Waals surface area contributed by atoms with E-state index in [2.05, 4.69) is 0 Å². The second-order valence-electron chi connectivity index (χ2n) is 4.43. The maximum absolute atomic E-state index is 8.93. The van der Waals surface area contributed by atoms with E-state index in [9.17, 15) is 0 Å². The minimum absolute atomic E-state index is 0.0683. The normalized spacial score (nSPS) is 17.1. The van der Waals surface area contributed by atoms with Crippen LogP contribution in [-0.4, -0.2) is 36.1 Å². The fourth-order valence-electron chi connectivity index (χ4n) is 1.04. The van der Waals surface area contributed by atoms with E-state index in [0.29, 0.717) is 13.2 Å². The Morgan fingerprint density at radius 1 is 1.15 bits per heavy atom. The molecule has 0 bridgehead atoms. The van der Waals surface area contributed by atoms with Gasteiger partial charge in [-0.15, -0.1) is 0 Å². The first-order valence-corrected chi connectivity index (χ1v) is 4.75. The van der Waals surface area contributed by atoms with E-state index in [1.165, 1.54) is 0 Å². The predicted octanol–water partition coefficient (Wildman–Crippen LogP) is 1.59. The van der Waals surface area contributed by atoms with E-state index in [0.717, 1.165) is 0 Å². The van der Waals surface area contributed by atoms with Crippen LogP contribution in [0.3, 0.4) is 0 Å². The van der Waals surface area contributed by atoms with Crippen LogP contribution < -0.4 is 0 Å². The summed E-state index contributed by atoms with van der Waals surface area (Å²) in [4.78, 5) is 0. The predicted molar refractivity (Wildman–Crippen MR) is 52.8 cm³/mol. The third-order valence-corrected chi connectivity index (χ3v) is 1.27. The highest BCUT2D eigenvalue weighted by atomic mass is 16.5. The molecule has 0 aromatic heterocycles. The van der Waals surface area contributed by atoms with Gasteiger partial charge in [0, 0.05) is 0 Å². The van der Waals surface area contributed by atoms with Crippen LogP contribution in [0.25, 0.3) is 0 Å². The fraction of sp³-hybridized carbons (Fsp3) is 1.00. The van der Waals surface area contributed by atoms with Crippen molar-refractivity contribution in [2.75, 3.05) is 13.2 Å². The van der Waals surface area contributed by atoms with Crippen molar-refractivity contribution in [1.82, 2.24) is 0 Å². The van der Waals surface area contributed by atoms with E-state index in [1.54, 1.807) is 6.92 Å². The zero-order valence-corrected chi connectivity index (χ0v) is 9.33. The van der Waals surface area contributed by atoms with Crippen molar-refractivity contribution in [3.8, 4) is 0 Å². The Labute approximate surface area is 81.0 Å². The van der Waals surface area contributed by atoms with Crippen molar-refractivity contribution in [3.63, 3.8) is 0 Å². The lowest BCUT2D eigenvalue weighted by Gasteiger charge is -2.25. The summed E-state index contributed by atoms with van der Waals surface area (Å²) in [5, 5.41) is 8.93. The average Bonchev–Trinajstić information content (AvgIpc) is 1.81. The summed E-state index contributed by atoms with van der Waals surface area (Å²) in [5.74, 6) is 0. The topological polar surface area (TPSA) is 38.7 Å². The Balaban J connectivity index is 3.46. The largest absolute Gasteiger partial charge is 0.391 e. The van der Waals surface area contributed by atoms with Crippen molar-refractivity contribution >= 4 is 0 Å². The summed E-state index contributed by atoms with van der Waals surface area (Å²) in [6.45, 7) is 10.6. The maximum atomic E-state index is 8.93. The molecule has 3 nitrogen and oxygen atoms in total. The van der Waals surface area contributed by atoms with E-state index >= 15 is 0 Å². The second-order valence-corrected chi connectivity index (χ2v) is 4.43. The van der Waals surface area contributed by atoms with Crippen molar-refractivity contribution < 1.29 is 14.6 Å². The Hall–Kier alpha value is -0.120. The third-order valence-electron chi connectivity index (χ3n) is 1.27. The number of aliphatic hydroxyl groups excluding tert-OH is 1. The Bertz CT molecular complexity index is 127. The number of ether oxygens (including phenoxy) is 2. The summed E-state index contributed by atoms with van der Waals surface area (Å²) >= 11 is 0. The first kappa shape index (κ1) is 12.9. The van der Waals surface area contributed by atoms with Gasteiger partial charge in [-0.3, -0.25) is 0 Å². The van der Waals surface area contributed by atoms with Gasteiger partial charge in [-0.1, -0.05) is 0 Å². The van der Waals surface area contributed by atoms with Gasteiger partial charge in [0.1, 0.15) is 0 Å². The van der Waals surface area contributed by atoms with Gasteiger partial charge in [-0.2, -0.15) is 0 Å². The fourth-order valence-corrected chi connectivity index (χ4v) is 1.04. The van der Waals surface area contributed by atoms with Crippen LogP contribution in [-0.2, 0) is 9.47 Å². The number of aliphatic hydroxyl groups is 1. The molecule has 2 unspecified atom stereocenters. The Kier molecular flexibility index (Phi) is 5.53. The molecule has 1 N–H and O–H groups in total. The van der Waals surface area contributed by atoms with Crippen molar-refractivity contribution in [1.29, 1.82) is 0 Å². The zero-order chi connectivity index (χ0) is 10.5. The quantitative estimate of drug-likeness (QED) is 0.715. The highest BCUT2D eigenvalue weighted by Gasteiger charge is 2.15. The molecule has 0 radical (unpaired) electrons. The van der Waals surface area contributed by atoms with Crippen molar-refractivity contribution in [2.24, 2.45) is 0 Å². The van der Waals surface area contributed by atoms with Gasteiger partial charge in [0.15, 0.2) is 0 Å². The third kappa shape index (κ3) is 9.80. The molecule has 2 atom stereocenters. The van der Waals surface area contributed by atoms with Crippen LogP contribution in [0.15, 0.2) is 0 Å². The molecule has 0 aromatic rings. The van der Waals surface area contributed by atoms with E-state index in [1.807, 2.05) is 27.7 Å². The molecular weight excluding hydrogens is 168 g/mol. The lowest BCUT2D eigenvalue weighted by Crippen LogP contribution is -2.29. The van der Waals surface area contributed by atoms with Crippen molar-refractivity contribution in [3.05, 3.63) is 0 Å². The summed E-state index contributed by atoms with van der Waals surface area (Å²) < 4.78 is 10.8. The molecule has 13 heavy (non-hydrogen) atoms. The zero-order valence-electron chi connectivity index (χ0n) is 9.33. The van der Waals surface area contributed by atoms with Gasteiger partial charge in [0.2, 0.25) is 0 Å². The molecule has 0 aliphatic rings. The van der Waals surface area contributed by atoms with E-state index in [4.69, 9.17) is 14.6 Å². The number of hydrogen-bond acceptors (Lipinski definition) is 3. The van der Waals surface area contributed by atoms with E-state index < -0.39 is 6.10 Å². The minimum atomic E-state index is -0.401. The SMILES string of the molecule is CC(O)COCC(C)OC(C)(C)C. The van der Waals surface area contributed by atoms with Crippen molar-refractivity contribution in [2.45, 2.75) is 52.4 Å². The minimum Gasteiger partial charge on any atom is -0.391 e. The molecule has 0 heterocycles. The summed E-state index contributed by atoms with van der Waals surface area (Å²) in [5.41, 5.74) is -0.131. The molecule has 0 aromatic carbocycles. The first-order chi connectivity index (χ1) is 5.81.